The molecule has 1 aliphatic carbocycles. The summed E-state index contributed by atoms with van der Waals surface area (Å²) in [5.41, 5.74) is 4.72. The number of hydrogen-bond donors (Lipinski definition) is 1. The first-order valence-corrected chi connectivity index (χ1v) is 4.88. The number of allylic oxidation sites excluding steroid dienone is 2. The third kappa shape index (κ3) is 1.85. The molecule has 13 heavy (non-hydrogen) atoms. The zero-order chi connectivity index (χ0) is 9.47. The molecule has 0 unspecified atom stereocenters. The summed E-state index contributed by atoms with van der Waals surface area (Å²) in [5.74, 6) is 0.761. The molecule has 0 atom stereocenters. The molecule has 72 valence electrons. The van der Waals surface area contributed by atoms with Crippen LogP contribution in [0.3, 0.4) is 0 Å². The van der Waals surface area contributed by atoms with E-state index in [4.69, 9.17) is 0 Å². The topological polar surface area (TPSA) is 27.6 Å². The van der Waals surface area contributed by atoms with Crippen molar-refractivity contribution in [3.8, 4) is 0 Å². The lowest BCUT2D eigenvalue weighted by atomic mass is 10.1. The fraction of sp³-hybridized carbons (Fsp3) is 0.700. The van der Waals surface area contributed by atoms with Gasteiger partial charge in [-0.2, -0.15) is 5.10 Å². The summed E-state index contributed by atoms with van der Waals surface area (Å²) in [6.07, 6.45) is 6.62. The molecule has 2 aliphatic rings. The first kappa shape index (κ1) is 8.60. The SMILES string of the molecule is CC(C)(C)N1N=CC=C(C2CC2)N1. The number of nitrogens with zero attached hydrogens (tertiary/aromatic N) is 2. The van der Waals surface area contributed by atoms with Crippen LogP contribution in [-0.4, -0.2) is 16.9 Å². The lowest BCUT2D eigenvalue weighted by Gasteiger charge is -2.35. The van der Waals surface area contributed by atoms with E-state index >= 15 is 0 Å². The zero-order valence-electron chi connectivity index (χ0n) is 8.54. The molecule has 0 amide bonds. The van der Waals surface area contributed by atoms with Crippen molar-refractivity contribution in [2.24, 2.45) is 11.0 Å². The summed E-state index contributed by atoms with van der Waals surface area (Å²) in [6, 6.07) is 0. The van der Waals surface area contributed by atoms with Gasteiger partial charge in [0.15, 0.2) is 0 Å². The van der Waals surface area contributed by atoms with Crippen LogP contribution in [0.4, 0.5) is 0 Å². The van der Waals surface area contributed by atoms with Crippen molar-refractivity contribution in [3.05, 3.63) is 11.8 Å². The molecule has 1 N–H and O–H groups in total. The summed E-state index contributed by atoms with van der Waals surface area (Å²) in [6.45, 7) is 6.44. The second kappa shape index (κ2) is 2.76. The van der Waals surface area contributed by atoms with Gasteiger partial charge in [0.2, 0.25) is 0 Å². The normalized spacial score (nSPS) is 22.7. The highest BCUT2D eigenvalue weighted by Gasteiger charge is 2.30. The highest BCUT2D eigenvalue weighted by Crippen LogP contribution is 2.36. The average Bonchev–Trinajstić information content (AvgIpc) is 2.85. The molecule has 0 aromatic heterocycles. The Balaban J connectivity index is 2.05. The maximum atomic E-state index is 4.28. The minimum absolute atomic E-state index is 0.0465. The molecular formula is C10H17N3. The van der Waals surface area contributed by atoms with Gasteiger partial charge in [0, 0.05) is 11.6 Å². The Morgan fingerprint density at radius 1 is 1.46 bits per heavy atom. The molecule has 0 aromatic rings. The van der Waals surface area contributed by atoms with Crippen molar-refractivity contribution in [1.82, 2.24) is 10.5 Å². The third-order valence-electron chi connectivity index (χ3n) is 2.32. The second-order valence-corrected chi connectivity index (χ2v) is 4.76. The van der Waals surface area contributed by atoms with Crippen LogP contribution in [0.25, 0.3) is 0 Å². The van der Waals surface area contributed by atoms with Crippen molar-refractivity contribution in [2.45, 2.75) is 39.2 Å². The van der Waals surface area contributed by atoms with Crippen LogP contribution in [0.1, 0.15) is 33.6 Å². The predicted molar refractivity (Wildman–Crippen MR) is 54.0 cm³/mol. The van der Waals surface area contributed by atoms with E-state index in [1.807, 2.05) is 11.3 Å². The zero-order valence-corrected chi connectivity index (χ0v) is 8.54. The van der Waals surface area contributed by atoms with Gasteiger partial charge in [0.05, 0.1) is 11.8 Å². The summed E-state index contributed by atoms with van der Waals surface area (Å²) in [4.78, 5) is 0. The van der Waals surface area contributed by atoms with E-state index in [1.165, 1.54) is 18.5 Å². The lowest BCUT2D eigenvalue weighted by Crippen LogP contribution is -2.47. The van der Waals surface area contributed by atoms with Gasteiger partial charge in [0.25, 0.3) is 0 Å². The van der Waals surface area contributed by atoms with Gasteiger partial charge in [0.1, 0.15) is 0 Å². The molecule has 0 spiro atoms. The van der Waals surface area contributed by atoms with E-state index in [1.54, 1.807) is 0 Å². The van der Waals surface area contributed by atoms with Crippen LogP contribution in [-0.2, 0) is 0 Å². The molecule has 1 fully saturated rings. The maximum Gasteiger partial charge on any atom is 0.0717 e. The van der Waals surface area contributed by atoms with Crippen LogP contribution in [0.5, 0.6) is 0 Å². The quantitative estimate of drug-likeness (QED) is 0.665. The van der Waals surface area contributed by atoms with Crippen molar-refractivity contribution in [2.75, 3.05) is 0 Å². The van der Waals surface area contributed by atoms with Crippen molar-refractivity contribution in [3.63, 3.8) is 0 Å². The molecule has 0 bridgehead atoms. The predicted octanol–water partition coefficient (Wildman–Crippen LogP) is 1.88. The Bertz CT molecular complexity index is 256. The van der Waals surface area contributed by atoms with Crippen LogP contribution >= 0.6 is 0 Å². The molecule has 3 nitrogen and oxygen atoms in total. The largest absolute Gasteiger partial charge is 0.286 e. The smallest absolute Gasteiger partial charge is 0.0717 e. The standard InChI is InChI=1S/C10H17N3/c1-10(2,3)13-11-7-6-9(12-13)8-4-5-8/h6-8,12H,4-5H2,1-3H3. The number of nitrogens with one attached hydrogen (secondary N) is 1. The maximum absolute atomic E-state index is 4.28. The minimum atomic E-state index is 0.0465. The number of hydrazone groups is 1. The van der Waals surface area contributed by atoms with Crippen LogP contribution in [0, 0.1) is 5.92 Å². The lowest BCUT2D eigenvalue weighted by molar-refractivity contribution is 0.0891. The second-order valence-electron chi connectivity index (χ2n) is 4.76. The minimum Gasteiger partial charge on any atom is -0.286 e. The van der Waals surface area contributed by atoms with Crippen molar-refractivity contribution < 1.29 is 0 Å². The van der Waals surface area contributed by atoms with Gasteiger partial charge in [-0.15, -0.1) is 0 Å². The fourth-order valence-corrected chi connectivity index (χ4v) is 1.33. The van der Waals surface area contributed by atoms with Gasteiger partial charge in [-0.3, -0.25) is 5.43 Å². The number of rotatable bonds is 1. The van der Waals surface area contributed by atoms with E-state index in [0.29, 0.717) is 0 Å². The van der Waals surface area contributed by atoms with E-state index < -0.39 is 0 Å². The number of hydrazine groups is 1. The van der Waals surface area contributed by atoms with Gasteiger partial charge in [-0.1, -0.05) is 0 Å². The van der Waals surface area contributed by atoms with Crippen LogP contribution < -0.4 is 5.43 Å². The van der Waals surface area contributed by atoms with Gasteiger partial charge < -0.3 is 0 Å². The summed E-state index contributed by atoms with van der Waals surface area (Å²) in [5, 5.41) is 6.21. The Morgan fingerprint density at radius 3 is 2.69 bits per heavy atom. The fourth-order valence-electron chi connectivity index (χ4n) is 1.33. The Kier molecular flexibility index (Phi) is 1.82. The highest BCUT2D eigenvalue weighted by atomic mass is 15.7. The highest BCUT2D eigenvalue weighted by molar-refractivity contribution is 5.72. The molecule has 1 heterocycles. The summed E-state index contributed by atoms with van der Waals surface area (Å²) in [7, 11) is 0. The average molecular weight is 179 g/mol. The molecule has 2 rings (SSSR count). The first-order chi connectivity index (χ1) is 6.07. The van der Waals surface area contributed by atoms with E-state index in [2.05, 4.69) is 37.4 Å². The van der Waals surface area contributed by atoms with Gasteiger partial charge >= 0.3 is 0 Å². The Labute approximate surface area is 79.5 Å². The Hall–Kier alpha value is -0.990. The molecular weight excluding hydrogens is 162 g/mol. The van der Waals surface area contributed by atoms with E-state index in [0.717, 1.165) is 5.92 Å². The summed E-state index contributed by atoms with van der Waals surface area (Å²) < 4.78 is 0. The third-order valence-corrected chi connectivity index (χ3v) is 2.32. The molecule has 0 saturated heterocycles. The molecule has 3 heteroatoms. The van der Waals surface area contributed by atoms with Crippen LogP contribution in [0.15, 0.2) is 16.9 Å². The first-order valence-electron chi connectivity index (χ1n) is 4.88. The van der Waals surface area contributed by atoms with E-state index in [9.17, 15) is 0 Å². The Morgan fingerprint density at radius 2 is 2.15 bits per heavy atom. The van der Waals surface area contributed by atoms with Gasteiger partial charge in [-0.05, 0) is 39.7 Å². The van der Waals surface area contributed by atoms with Crippen molar-refractivity contribution >= 4 is 6.21 Å². The monoisotopic (exact) mass is 179 g/mol. The summed E-state index contributed by atoms with van der Waals surface area (Å²) >= 11 is 0. The van der Waals surface area contributed by atoms with Crippen LogP contribution in [0.2, 0.25) is 0 Å². The van der Waals surface area contributed by atoms with Crippen molar-refractivity contribution in [1.29, 1.82) is 0 Å². The molecule has 1 saturated carbocycles. The van der Waals surface area contributed by atoms with E-state index in [-0.39, 0.29) is 5.54 Å². The van der Waals surface area contributed by atoms with Gasteiger partial charge in [-0.25, -0.2) is 5.12 Å². The number of hydrogen-bond acceptors (Lipinski definition) is 3. The molecule has 1 aliphatic heterocycles. The molecule has 0 radical (unpaired) electrons. The molecule has 0 aromatic carbocycles.